The number of aliphatic carboxylic acids is 1. The number of carboxylic acids is 1. The number of hydrogen-bond donors (Lipinski definition) is 1. The topological polar surface area (TPSA) is 49.8 Å². The SMILES string of the molecule is CC1(C)COCCN1C1CCCC1C(=O)O. The summed E-state index contributed by atoms with van der Waals surface area (Å²) in [5, 5.41) is 9.23. The van der Waals surface area contributed by atoms with Gasteiger partial charge in [-0.25, -0.2) is 0 Å². The van der Waals surface area contributed by atoms with Crippen molar-refractivity contribution in [2.24, 2.45) is 5.92 Å². The van der Waals surface area contributed by atoms with Gasteiger partial charge in [-0.2, -0.15) is 0 Å². The van der Waals surface area contributed by atoms with E-state index < -0.39 is 5.97 Å². The minimum atomic E-state index is -0.634. The zero-order valence-corrected chi connectivity index (χ0v) is 10.1. The Labute approximate surface area is 96.6 Å². The van der Waals surface area contributed by atoms with Crippen molar-refractivity contribution in [3.05, 3.63) is 0 Å². The number of nitrogens with zero attached hydrogens (tertiary/aromatic N) is 1. The molecule has 0 aromatic heterocycles. The van der Waals surface area contributed by atoms with E-state index in [9.17, 15) is 9.90 Å². The van der Waals surface area contributed by atoms with Gasteiger partial charge in [0, 0.05) is 18.1 Å². The average molecular weight is 227 g/mol. The van der Waals surface area contributed by atoms with Gasteiger partial charge in [-0.15, -0.1) is 0 Å². The fourth-order valence-electron chi connectivity index (χ4n) is 3.09. The monoisotopic (exact) mass is 227 g/mol. The third-order valence-corrected chi connectivity index (χ3v) is 3.91. The Hall–Kier alpha value is -0.610. The normalized spacial score (nSPS) is 35.1. The Kier molecular flexibility index (Phi) is 3.22. The Morgan fingerprint density at radius 3 is 2.81 bits per heavy atom. The maximum atomic E-state index is 11.2. The number of carbonyl (C=O) groups is 1. The largest absolute Gasteiger partial charge is 0.481 e. The summed E-state index contributed by atoms with van der Waals surface area (Å²) in [6, 6.07) is 0.205. The van der Waals surface area contributed by atoms with Gasteiger partial charge in [-0.1, -0.05) is 6.42 Å². The molecular weight excluding hydrogens is 206 g/mol. The molecule has 2 unspecified atom stereocenters. The molecule has 0 bridgehead atoms. The zero-order valence-electron chi connectivity index (χ0n) is 10.1. The Morgan fingerprint density at radius 2 is 2.19 bits per heavy atom. The van der Waals surface area contributed by atoms with Gasteiger partial charge in [-0.05, 0) is 26.7 Å². The van der Waals surface area contributed by atoms with Gasteiger partial charge in [0.05, 0.1) is 19.1 Å². The minimum Gasteiger partial charge on any atom is -0.481 e. The van der Waals surface area contributed by atoms with Crippen molar-refractivity contribution in [1.29, 1.82) is 0 Å². The molecule has 0 aromatic carbocycles. The molecule has 1 saturated carbocycles. The van der Waals surface area contributed by atoms with E-state index in [0.717, 1.165) is 32.4 Å². The minimum absolute atomic E-state index is 0.0268. The van der Waals surface area contributed by atoms with E-state index in [1.807, 2.05) is 0 Å². The van der Waals surface area contributed by atoms with Crippen LogP contribution in [0, 0.1) is 5.92 Å². The molecule has 2 rings (SSSR count). The lowest BCUT2D eigenvalue weighted by molar-refractivity contribution is -0.146. The molecule has 2 aliphatic rings. The molecule has 0 radical (unpaired) electrons. The highest BCUT2D eigenvalue weighted by Crippen LogP contribution is 2.35. The van der Waals surface area contributed by atoms with Crippen molar-refractivity contribution in [1.82, 2.24) is 4.90 Å². The predicted octanol–water partition coefficient (Wildman–Crippen LogP) is 1.35. The van der Waals surface area contributed by atoms with Gasteiger partial charge in [0.15, 0.2) is 0 Å². The first-order chi connectivity index (χ1) is 7.52. The Balaban J connectivity index is 2.13. The van der Waals surface area contributed by atoms with Crippen LogP contribution < -0.4 is 0 Å². The first-order valence-corrected chi connectivity index (χ1v) is 6.10. The quantitative estimate of drug-likeness (QED) is 0.773. The van der Waals surface area contributed by atoms with E-state index in [0.29, 0.717) is 6.61 Å². The first kappa shape index (κ1) is 11.9. The lowest BCUT2D eigenvalue weighted by Crippen LogP contribution is -2.58. The molecule has 2 atom stereocenters. The van der Waals surface area contributed by atoms with Crippen LogP contribution in [0.15, 0.2) is 0 Å². The van der Waals surface area contributed by atoms with Crippen molar-refractivity contribution in [3.8, 4) is 0 Å². The van der Waals surface area contributed by atoms with Gasteiger partial charge in [-0.3, -0.25) is 9.69 Å². The molecule has 2 fully saturated rings. The van der Waals surface area contributed by atoms with Gasteiger partial charge >= 0.3 is 5.97 Å². The summed E-state index contributed by atoms with van der Waals surface area (Å²) in [6.07, 6.45) is 2.88. The first-order valence-electron chi connectivity index (χ1n) is 6.10. The van der Waals surface area contributed by atoms with Gasteiger partial charge in [0.2, 0.25) is 0 Å². The maximum Gasteiger partial charge on any atom is 0.308 e. The number of morpholine rings is 1. The maximum absolute atomic E-state index is 11.2. The zero-order chi connectivity index (χ0) is 11.8. The number of ether oxygens (including phenoxy) is 1. The van der Waals surface area contributed by atoms with Crippen molar-refractivity contribution >= 4 is 5.97 Å². The van der Waals surface area contributed by atoms with Gasteiger partial charge < -0.3 is 9.84 Å². The predicted molar refractivity (Wildman–Crippen MR) is 60.4 cm³/mol. The van der Waals surface area contributed by atoms with Crippen LogP contribution in [-0.4, -0.2) is 47.3 Å². The second-order valence-corrected chi connectivity index (χ2v) is 5.50. The van der Waals surface area contributed by atoms with E-state index in [1.165, 1.54) is 0 Å². The van der Waals surface area contributed by atoms with Crippen LogP contribution in [0.25, 0.3) is 0 Å². The summed E-state index contributed by atoms with van der Waals surface area (Å²) in [5.74, 6) is -0.817. The standard InChI is InChI=1S/C12H21NO3/c1-12(2)8-16-7-6-13(12)10-5-3-4-9(10)11(14)15/h9-10H,3-8H2,1-2H3,(H,14,15). The fourth-order valence-corrected chi connectivity index (χ4v) is 3.09. The average Bonchev–Trinajstić information content (AvgIpc) is 2.65. The van der Waals surface area contributed by atoms with Crippen LogP contribution in [-0.2, 0) is 9.53 Å². The third-order valence-electron chi connectivity index (χ3n) is 3.91. The molecule has 16 heavy (non-hydrogen) atoms. The lowest BCUT2D eigenvalue weighted by atomic mass is 9.94. The summed E-state index contributed by atoms with van der Waals surface area (Å²) in [7, 11) is 0. The molecule has 1 aliphatic heterocycles. The van der Waals surface area contributed by atoms with E-state index >= 15 is 0 Å². The number of rotatable bonds is 2. The molecule has 1 heterocycles. The second kappa shape index (κ2) is 4.34. The molecule has 0 spiro atoms. The molecule has 0 amide bonds. The molecule has 4 nitrogen and oxygen atoms in total. The van der Waals surface area contributed by atoms with E-state index in [2.05, 4.69) is 18.7 Å². The molecular formula is C12H21NO3. The molecule has 0 aromatic rings. The molecule has 4 heteroatoms. The smallest absolute Gasteiger partial charge is 0.308 e. The van der Waals surface area contributed by atoms with E-state index in [-0.39, 0.29) is 17.5 Å². The highest BCUT2D eigenvalue weighted by molar-refractivity contribution is 5.71. The van der Waals surface area contributed by atoms with E-state index in [1.54, 1.807) is 0 Å². The Bertz CT molecular complexity index is 277. The van der Waals surface area contributed by atoms with E-state index in [4.69, 9.17) is 4.74 Å². The Morgan fingerprint density at radius 1 is 1.44 bits per heavy atom. The summed E-state index contributed by atoms with van der Waals surface area (Å²) < 4.78 is 5.48. The van der Waals surface area contributed by atoms with Crippen molar-refractivity contribution < 1.29 is 14.6 Å². The highest BCUT2D eigenvalue weighted by atomic mass is 16.5. The summed E-state index contributed by atoms with van der Waals surface area (Å²) in [5.41, 5.74) is -0.0268. The highest BCUT2D eigenvalue weighted by Gasteiger charge is 2.43. The van der Waals surface area contributed by atoms with Crippen LogP contribution >= 0.6 is 0 Å². The van der Waals surface area contributed by atoms with Crippen molar-refractivity contribution in [2.45, 2.75) is 44.7 Å². The summed E-state index contributed by atoms with van der Waals surface area (Å²) in [6.45, 7) is 6.58. The fraction of sp³-hybridized carbons (Fsp3) is 0.917. The van der Waals surface area contributed by atoms with Crippen LogP contribution in [0.1, 0.15) is 33.1 Å². The summed E-state index contributed by atoms with van der Waals surface area (Å²) in [4.78, 5) is 13.6. The molecule has 1 aliphatic carbocycles. The van der Waals surface area contributed by atoms with Crippen LogP contribution in [0.5, 0.6) is 0 Å². The third kappa shape index (κ3) is 2.09. The number of carboxylic acid groups (broad SMARTS) is 1. The molecule has 1 saturated heterocycles. The molecule has 1 N–H and O–H groups in total. The van der Waals surface area contributed by atoms with Crippen LogP contribution in [0.4, 0.5) is 0 Å². The summed E-state index contributed by atoms with van der Waals surface area (Å²) >= 11 is 0. The lowest BCUT2D eigenvalue weighted by Gasteiger charge is -2.46. The van der Waals surface area contributed by atoms with Crippen molar-refractivity contribution in [2.75, 3.05) is 19.8 Å². The van der Waals surface area contributed by atoms with Crippen LogP contribution in [0.3, 0.4) is 0 Å². The molecule has 92 valence electrons. The second-order valence-electron chi connectivity index (χ2n) is 5.50. The van der Waals surface area contributed by atoms with Crippen LogP contribution in [0.2, 0.25) is 0 Å². The van der Waals surface area contributed by atoms with Crippen molar-refractivity contribution in [3.63, 3.8) is 0 Å². The van der Waals surface area contributed by atoms with Gasteiger partial charge in [0.1, 0.15) is 0 Å². The number of hydrogen-bond acceptors (Lipinski definition) is 3. The van der Waals surface area contributed by atoms with Gasteiger partial charge in [0.25, 0.3) is 0 Å².